The second-order valence-electron chi connectivity index (χ2n) is 3.51. The molecule has 1 aliphatic rings. The normalized spacial score (nSPS) is 21.5. The van der Waals surface area contributed by atoms with E-state index >= 15 is 0 Å². The summed E-state index contributed by atoms with van der Waals surface area (Å²) in [5, 5.41) is 5.74. The predicted molar refractivity (Wildman–Crippen MR) is 53.0 cm³/mol. The summed E-state index contributed by atoms with van der Waals surface area (Å²) in [7, 11) is 1.57. The molecule has 1 fully saturated rings. The van der Waals surface area contributed by atoms with E-state index in [-0.39, 0.29) is 17.4 Å². The van der Waals surface area contributed by atoms with Crippen LogP contribution in [0.1, 0.15) is 10.5 Å². The molecule has 0 bridgehead atoms. The van der Waals surface area contributed by atoms with Gasteiger partial charge in [-0.2, -0.15) is 0 Å². The Bertz CT molecular complexity index is 414. The van der Waals surface area contributed by atoms with E-state index in [1.54, 1.807) is 7.05 Å². The molecule has 1 aromatic rings. The SMILES string of the molecule is Cn1[nH]c(C(=O)C2COCCN2)cc1=O. The average molecular weight is 211 g/mol. The Balaban J connectivity index is 2.16. The third-order valence-corrected chi connectivity index (χ3v) is 2.39. The molecule has 2 N–H and O–H groups in total. The number of hydrogen-bond donors (Lipinski definition) is 2. The minimum Gasteiger partial charge on any atom is -0.378 e. The fraction of sp³-hybridized carbons (Fsp3) is 0.556. The summed E-state index contributed by atoms with van der Waals surface area (Å²) in [6, 6.07) is 0.954. The molecule has 1 unspecified atom stereocenters. The number of aromatic amines is 1. The van der Waals surface area contributed by atoms with E-state index in [9.17, 15) is 9.59 Å². The number of carbonyl (C=O) groups is 1. The van der Waals surface area contributed by atoms with Crippen LogP contribution in [0.25, 0.3) is 0 Å². The van der Waals surface area contributed by atoms with Crippen molar-refractivity contribution in [3.63, 3.8) is 0 Å². The Kier molecular flexibility index (Phi) is 2.70. The molecular formula is C9H13N3O3. The van der Waals surface area contributed by atoms with Gasteiger partial charge in [0.15, 0.2) is 5.78 Å². The molecule has 6 nitrogen and oxygen atoms in total. The summed E-state index contributed by atoms with van der Waals surface area (Å²) in [5.41, 5.74) is 0.112. The molecule has 6 heteroatoms. The molecule has 1 saturated heterocycles. The lowest BCUT2D eigenvalue weighted by atomic mass is 10.1. The lowest BCUT2D eigenvalue weighted by Gasteiger charge is -2.21. The van der Waals surface area contributed by atoms with Gasteiger partial charge in [-0.1, -0.05) is 0 Å². The first-order valence-electron chi connectivity index (χ1n) is 4.80. The number of rotatable bonds is 2. The number of ketones is 1. The standard InChI is InChI=1S/C9H13N3O3/c1-12-8(13)4-6(11-12)9(14)7-5-15-3-2-10-7/h4,7,10-11H,2-3,5H2,1H3. The van der Waals surface area contributed by atoms with Crippen LogP contribution in [0.3, 0.4) is 0 Å². The van der Waals surface area contributed by atoms with Crippen molar-refractivity contribution in [2.24, 2.45) is 7.05 Å². The van der Waals surface area contributed by atoms with E-state index in [0.29, 0.717) is 25.5 Å². The summed E-state index contributed by atoms with van der Waals surface area (Å²) in [6.45, 7) is 1.64. The van der Waals surface area contributed by atoms with Crippen LogP contribution in [0.5, 0.6) is 0 Å². The van der Waals surface area contributed by atoms with Crippen LogP contribution in [0.15, 0.2) is 10.9 Å². The molecule has 2 heterocycles. The monoisotopic (exact) mass is 211 g/mol. The first-order chi connectivity index (χ1) is 7.18. The van der Waals surface area contributed by atoms with Crippen LogP contribution in [0, 0.1) is 0 Å². The zero-order chi connectivity index (χ0) is 10.8. The second-order valence-corrected chi connectivity index (χ2v) is 3.51. The molecule has 0 aromatic carbocycles. The number of ether oxygens (including phenoxy) is 1. The zero-order valence-electron chi connectivity index (χ0n) is 8.45. The third kappa shape index (κ3) is 2.00. The number of nitrogens with zero attached hydrogens (tertiary/aromatic N) is 1. The van der Waals surface area contributed by atoms with E-state index in [2.05, 4.69) is 10.4 Å². The zero-order valence-corrected chi connectivity index (χ0v) is 8.45. The van der Waals surface area contributed by atoms with Crippen molar-refractivity contribution in [3.8, 4) is 0 Å². The summed E-state index contributed by atoms with van der Waals surface area (Å²) in [5.74, 6) is -0.132. The maximum Gasteiger partial charge on any atom is 0.266 e. The van der Waals surface area contributed by atoms with Gasteiger partial charge < -0.3 is 10.1 Å². The first kappa shape index (κ1) is 10.1. The molecule has 1 aromatic heterocycles. The van der Waals surface area contributed by atoms with Gasteiger partial charge in [-0.25, -0.2) is 0 Å². The van der Waals surface area contributed by atoms with Gasteiger partial charge >= 0.3 is 0 Å². The van der Waals surface area contributed by atoms with Crippen LogP contribution in [0.4, 0.5) is 0 Å². The largest absolute Gasteiger partial charge is 0.378 e. The summed E-state index contributed by atoms with van der Waals surface area (Å²) < 4.78 is 6.45. The topological polar surface area (TPSA) is 76.1 Å². The number of carbonyl (C=O) groups excluding carboxylic acids is 1. The van der Waals surface area contributed by atoms with Gasteiger partial charge in [-0.3, -0.25) is 19.4 Å². The van der Waals surface area contributed by atoms with Crippen LogP contribution < -0.4 is 10.9 Å². The van der Waals surface area contributed by atoms with Crippen LogP contribution in [-0.2, 0) is 11.8 Å². The highest BCUT2D eigenvalue weighted by atomic mass is 16.5. The molecule has 2 rings (SSSR count). The van der Waals surface area contributed by atoms with E-state index in [0.717, 1.165) is 0 Å². The number of aromatic nitrogens is 2. The molecule has 0 spiro atoms. The fourth-order valence-electron chi connectivity index (χ4n) is 1.54. The lowest BCUT2D eigenvalue weighted by Crippen LogP contribution is -2.46. The number of aryl methyl sites for hydroxylation is 1. The highest BCUT2D eigenvalue weighted by Crippen LogP contribution is 2.01. The molecule has 15 heavy (non-hydrogen) atoms. The van der Waals surface area contributed by atoms with Crippen LogP contribution in [-0.4, -0.2) is 41.4 Å². The Hall–Kier alpha value is -1.40. The van der Waals surface area contributed by atoms with Crippen LogP contribution >= 0.6 is 0 Å². The first-order valence-corrected chi connectivity index (χ1v) is 4.80. The molecule has 0 radical (unpaired) electrons. The van der Waals surface area contributed by atoms with E-state index in [4.69, 9.17) is 4.74 Å². The highest BCUT2D eigenvalue weighted by Gasteiger charge is 2.23. The van der Waals surface area contributed by atoms with Gasteiger partial charge in [0, 0.05) is 19.7 Å². The van der Waals surface area contributed by atoms with Gasteiger partial charge in [-0.15, -0.1) is 0 Å². The molecule has 82 valence electrons. The number of H-pyrrole nitrogens is 1. The van der Waals surface area contributed by atoms with Crippen molar-refractivity contribution >= 4 is 5.78 Å². The Morgan fingerprint density at radius 1 is 1.67 bits per heavy atom. The highest BCUT2D eigenvalue weighted by molar-refractivity contribution is 5.98. The fourth-order valence-corrected chi connectivity index (χ4v) is 1.54. The van der Waals surface area contributed by atoms with Gasteiger partial charge in [0.1, 0.15) is 5.69 Å². The molecular weight excluding hydrogens is 198 g/mol. The second kappa shape index (κ2) is 4.00. The number of morpholine rings is 1. The molecule has 0 amide bonds. The van der Waals surface area contributed by atoms with Gasteiger partial charge in [0.05, 0.1) is 19.3 Å². The minimum absolute atomic E-state index is 0.132. The van der Waals surface area contributed by atoms with Crippen molar-refractivity contribution in [1.29, 1.82) is 0 Å². The average Bonchev–Trinajstić information content (AvgIpc) is 2.59. The molecule has 0 aliphatic carbocycles. The summed E-state index contributed by atoms with van der Waals surface area (Å²) >= 11 is 0. The maximum atomic E-state index is 11.8. The molecule has 1 atom stereocenters. The summed E-state index contributed by atoms with van der Waals surface area (Å²) in [4.78, 5) is 23.0. The Labute approximate surface area is 86.2 Å². The van der Waals surface area contributed by atoms with Gasteiger partial charge in [0.25, 0.3) is 5.56 Å². The van der Waals surface area contributed by atoms with Crippen molar-refractivity contribution in [1.82, 2.24) is 15.1 Å². The minimum atomic E-state index is -0.350. The Morgan fingerprint density at radius 3 is 3.00 bits per heavy atom. The predicted octanol–water partition coefficient (Wildman–Crippen LogP) is -1.12. The quantitative estimate of drug-likeness (QED) is 0.608. The lowest BCUT2D eigenvalue weighted by molar-refractivity contribution is 0.0603. The van der Waals surface area contributed by atoms with Crippen molar-refractivity contribution in [2.75, 3.05) is 19.8 Å². The Morgan fingerprint density at radius 2 is 2.47 bits per heavy atom. The van der Waals surface area contributed by atoms with Crippen molar-refractivity contribution in [3.05, 3.63) is 22.1 Å². The number of Topliss-reactive ketones (excluding diaryl/α,β-unsaturated/α-hetero) is 1. The van der Waals surface area contributed by atoms with E-state index in [1.807, 2.05) is 0 Å². The van der Waals surface area contributed by atoms with Crippen molar-refractivity contribution < 1.29 is 9.53 Å². The molecule has 0 saturated carbocycles. The third-order valence-electron chi connectivity index (χ3n) is 2.39. The van der Waals surface area contributed by atoms with Crippen molar-refractivity contribution in [2.45, 2.75) is 6.04 Å². The summed E-state index contributed by atoms with van der Waals surface area (Å²) in [6.07, 6.45) is 0. The van der Waals surface area contributed by atoms with E-state index in [1.165, 1.54) is 10.7 Å². The van der Waals surface area contributed by atoms with E-state index < -0.39 is 0 Å². The number of nitrogens with one attached hydrogen (secondary N) is 2. The van der Waals surface area contributed by atoms with Gasteiger partial charge in [0.2, 0.25) is 0 Å². The number of hydrogen-bond acceptors (Lipinski definition) is 4. The smallest absolute Gasteiger partial charge is 0.266 e. The molecule has 1 aliphatic heterocycles. The van der Waals surface area contributed by atoms with Crippen LogP contribution in [0.2, 0.25) is 0 Å². The van der Waals surface area contributed by atoms with Gasteiger partial charge in [-0.05, 0) is 0 Å². The maximum absolute atomic E-state index is 11.8.